The first-order chi connectivity index (χ1) is 9.97. The van der Waals surface area contributed by atoms with E-state index in [2.05, 4.69) is 5.32 Å². The molecule has 2 rings (SSSR count). The Hall–Kier alpha value is -1.55. The number of nitrogens with two attached hydrogens (primary N) is 1. The summed E-state index contributed by atoms with van der Waals surface area (Å²) >= 11 is 0. The molecule has 4 heteroatoms. The molecule has 1 fully saturated rings. The lowest BCUT2D eigenvalue weighted by Gasteiger charge is -2.19. The molecule has 3 N–H and O–H groups in total. The number of amides is 1. The van der Waals surface area contributed by atoms with Crippen LogP contribution >= 0.6 is 0 Å². The summed E-state index contributed by atoms with van der Waals surface area (Å²) < 4.78 is 5.87. The van der Waals surface area contributed by atoms with E-state index in [0.29, 0.717) is 6.61 Å². The van der Waals surface area contributed by atoms with Crippen molar-refractivity contribution < 1.29 is 9.53 Å². The van der Waals surface area contributed by atoms with Gasteiger partial charge in [0.25, 0.3) is 0 Å². The molecule has 1 aliphatic carbocycles. The monoisotopic (exact) mass is 290 g/mol. The first-order valence-corrected chi connectivity index (χ1v) is 7.72. The van der Waals surface area contributed by atoms with Crippen molar-refractivity contribution in [2.45, 2.75) is 52.1 Å². The number of rotatable bonds is 5. The van der Waals surface area contributed by atoms with Gasteiger partial charge in [0, 0.05) is 12.0 Å². The molecule has 4 nitrogen and oxygen atoms in total. The molecule has 0 bridgehead atoms. The van der Waals surface area contributed by atoms with Crippen LogP contribution in [-0.2, 0) is 4.79 Å². The van der Waals surface area contributed by atoms with E-state index in [9.17, 15) is 4.79 Å². The number of ether oxygens (including phenoxy) is 1. The molecule has 0 aromatic heterocycles. The van der Waals surface area contributed by atoms with Gasteiger partial charge in [-0.3, -0.25) is 4.79 Å². The third-order valence-corrected chi connectivity index (χ3v) is 4.12. The lowest BCUT2D eigenvalue weighted by Crippen LogP contribution is -2.40. The summed E-state index contributed by atoms with van der Waals surface area (Å²) in [5, 5.41) is 3.03. The van der Waals surface area contributed by atoms with Crippen LogP contribution in [0.25, 0.3) is 0 Å². The van der Waals surface area contributed by atoms with Crippen LogP contribution in [0.2, 0.25) is 0 Å². The normalized spacial score (nSPS) is 22.9. The van der Waals surface area contributed by atoms with Gasteiger partial charge >= 0.3 is 0 Å². The van der Waals surface area contributed by atoms with E-state index < -0.39 is 0 Å². The van der Waals surface area contributed by atoms with Crippen LogP contribution in [0.1, 0.15) is 37.3 Å². The van der Waals surface area contributed by atoms with Crippen molar-refractivity contribution >= 4 is 5.91 Å². The van der Waals surface area contributed by atoms with Crippen molar-refractivity contribution in [3.63, 3.8) is 0 Å². The van der Waals surface area contributed by atoms with E-state index in [1.54, 1.807) is 0 Å². The Morgan fingerprint density at radius 1 is 1.38 bits per heavy atom. The highest BCUT2D eigenvalue weighted by Gasteiger charge is 2.28. The summed E-state index contributed by atoms with van der Waals surface area (Å²) in [7, 11) is 0. The predicted octanol–water partition coefficient (Wildman–Crippen LogP) is 2.31. The van der Waals surface area contributed by atoms with Crippen molar-refractivity contribution in [2.75, 3.05) is 6.61 Å². The smallest absolute Gasteiger partial charge is 0.223 e. The fourth-order valence-corrected chi connectivity index (χ4v) is 2.89. The topological polar surface area (TPSA) is 64.3 Å². The van der Waals surface area contributed by atoms with Gasteiger partial charge in [-0.25, -0.2) is 0 Å². The molecule has 21 heavy (non-hydrogen) atoms. The van der Waals surface area contributed by atoms with Gasteiger partial charge < -0.3 is 15.8 Å². The maximum atomic E-state index is 12.1. The molecule has 1 aromatic rings. The quantitative estimate of drug-likeness (QED) is 0.874. The zero-order valence-electron chi connectivity index (χ0n) is 13.2. The molecule has 0 spiro atoms. The lowest BCUT2D eigenvalue weighted by molar-refractivity contribution is -0.125. The van der Waals surface area contributed by atoms with Crippen LogP contribution in [0.5, 0.6) is 5.75 Å². The second-order valence-electron chi connectivity index (χ2n) is 6.21. The number of aryl methyl sites for hydroxylation is 2. The lowest BCUT2D eigenvalue weighted by atomic mass is 10.1. The standard InChI is InChI=1S/C17H26N2O2/c1-11-5-4-6-12(2)16(11)21-10-13(3)19-17(20)14-7-8-15(18)9-14/h4-6,13-15H,7-10,18H2,1-3H3,(H,19,20). The van der Waals surface area contributed by atoms with E-state index >= 15 is 0 Å². The number of para-hydroxylation sites is 1. The summed E-state index contributed by atoms with van der Waals surface area (Å²) in [5.41, 5.74) is 8.10. The Labute approximate surface area is 127 Å². The molecule has 116 valence electrons. The van der Waals surface area contributed by atoms with Crippen LogP contribution < -0.4 is 15.8 Å². The average molecular weight is 290 g/mol. The minimum Gasteiger partial charge on any atom is -0.491 e. The van der Waals surface area contributed by atoms with Crippen molar-refractivity contribution in [1.29, 1.82) is 0 Å². The van der Waals surface area contributed by atoms with E-state index in [-0.39, 0.29) is 23.9 Å². The van der Waals surface area contributed by atoms with E-state index in [4.69, 9.17) is 10.5 Å². The number of nitrogens with one attached hydrogen (secondary N) is 1. The van der Waals surface area contributed by atoms with Crippen molar-refractivity contribution in [3.05, 3.63) is 29.3 Å². The SMILES string of the molecule is Cc1cccc(C)c1OCC(C)NC(=O)C1CCC(N)C1. The first kappa shape index (κ1) is 15.8. The van der Waals surface area contributed by atoms with Crippen LogP contribution in [-0.4, -0.2) is 24.6 Å². The van der Waals surface area contributed by atoms with Crippen LogP contribution in [0, 0.1) is 19.8 Å². The van der Waals surface area contributed by atoms with Gasteiger partial charge in [-0.05, 0) is 51.2 Å². The van der Waals surface area contributed by atoms with Gasteiger partial charge in [0.2, 0.25) is 5.91 Å². The summed E-state index contributed by atoms with van der Waals surface area (Å²) in [6, 6.07) is 6.26. The van der Waals surface area contributed by atoms with Crippen molar-refractivity contribution in [1.82, 2.24) is 5.32 Å². The Balaban J connectivity index is 1.82. The van der Waals surface area contributed by atoms with Gasteiger partial charge in [0.05, 0.1) is 6.04 Å². The average Bonchev–Trinajstić information content (AvgIpc) is 2.85. The molecule has 3 atom stereocenters. The maximum Gasteiger partial charge on any atom is 0.223 e. The molecule has 0 radical (unpaired) electrons. The zero-order chi connectivity index (χ0) is 15.4. The number of carbonyl (C=O) groups excluding carboxylic acids is 1. The van der Waals surface area contributed by atoms with Gasteiger partial charge in [-0.2, -0.15) is 0 Å². The molecule has 0 aliphatic heterocycles. The molecule has 1 aliphatic rings. The van der Waals surface area contributed by atoms with Gasteiger partial charge in [0.1, 0.15) is 12.4 Å². The Morgan fingerprint density at radius 2 is 2.05 bits per heavy atom. The van der Waals surface area contributed by atoms with Crippen molar-refractivity contribution in [2.24, 2.45) is 11.7 Å². The molecule has 1 saturated carbocycles. The highest BCUT2D eigenvalue weighted by atomic mass is 16.5. The van der Waals surface area contributed by atoms with Crippen LogP contribution in [0.15, 0.2) is 18.2 Å². The minimum absolute atomic E-state index is 0.00618. The van der Waals surface area contributed by atoms with E-state index in [0.717, 1.165) is 36.1 Å². The van der Waals surface area contributed by atoms with Gasteiger partial charge in [0.15, 0.2) is 0 Å². The summed E-state index contributed by atoms with van der Waals surface area (Å²) in [6.07, 6.45) is 2.65. The highest BCUT2D eigenvalue weighted by Crippen LogP contribution is 2.24. The third-order valence-electron chi connectivity index (χ3n) is 4.12. The van der Waals surface area contributed by atoms with Gasteiger partial charge in [-0.15, -0.1) is 0 Å². The largest absolute Gasteiger partial charge is 0.491 e. The summed E-state index contributed by atoms with van der Waals surface area (Å²) in [5.74, 6) is 1.10. The molecule has 0 saturated heterocycles. The fraction of sp³-hybridized carbons (Fsp3) is 0.588. The Kier molecular flexibility index (Phi) is 5.23. The number of hydrogen-bond acceptors (Lipinski definition) is 3. The van der Waals surface area contributed by atoms with Crippen molar-refractivity contribution in [3.8, 4) is 5.75 Å². The number of benzene rings is 1. The molecule has 1 amide bonds. The summed E-state index contributed by atoms with van der Waals surface area (Å²) in [6.45, 7) is 6.52. The molecule has 1 aromatic carbocycles. The second-order valence-corrected chi connectivity index (χ2v) is 6.21. The Morgan fingerprint density at radius 3 is 2.62 bits per heavy atom. The Bertz CT molecular complexity index is 481. The molecular weight excluding hydrogens is 264 g/mol. The fourth-order valence-electron chi connectivity index (χ4n) is 2.89. The first-order valence-electron chi connectivity index (χ1n) is 7.72. The maximum absolute atomic E-state index is 12.1. The number of carbonyl (C=O) groups is 1. The molecular formula is C17H26N2O2. The highest BCUT2D eigenvalue weighted by molar-refractivity contribution is 5.79. The zero-order valence-corrected chi connectivity index (χ0v) is 13.2. The van der Waals surface area contributed by atoms with Crippen LogP contribution in [0.3, 0.4) is 0 Å². The third kappa shape index (κ3) is 4.21. The van der Waals surface area contributed by atoms with Crippen LogP contribution in [0.4, 0.5) is 0 Å². The molecule has 3 unspecified atom stereocenters. The van der Waals surface area contributed by atoms with E-state index in [1.165, 1.54) is 0 Å². The minimum atomic E-state index is -0.00618. The van der Waals surface area contributed by atoms with Gasteiger partial charge in [-0.1, -0.05) is 18.2 Å². The van der Waals surface area contributed by atoms with E-state index in [1.807, 2.05) is 39.0 Å². The second kappa shape index (κ2) is 6.94. The molecule has 0 heterocycles. The summed E-state index contributed by atoms with van der Waals surface area (Å²) in [4.78, 5) is 12.1. The number of hydrogen-bond donors (Lipinski definition) is 2. The predicted molar refractivity (Wildman–Crippen MR) is 84.3 cm³/mol.